The van der Waals surface area contributed by atoms with Gasteiger partial charge in [0.15, 0.2) is 5.69 Å². The van der Waals surface area contributed by atoms with Gasteiger partial charge < -0.3 is 5.32 Å². The first-order valence-corrected chi connectivity index (χ1v) is 7.13. The minimum Gasteiger partial charge on any atom is -0.336 e. The second kappa shape index (κ2) is 5.64. The van der Waals surface area contributed by atoms with E-state index in [0.717, 1.165) is 0 Å². The van der Waals surface area contributed by atoms with Crippen LogP contribution in [0.25, 0.3) is 5.69 Å². The number of rotatable bonds is 3. The van der Waals surface area contributed by atoms with Crippen LogP contribution in [0.15, 0.2) is 30.7 Å². The number of nitrogens with one attached hydrogen (secondary N) is 1. The van der Waals surface area contributed by atoms with Gasteiger partial charge in [0.1, 0.15) is 5.54 Å². The molecule has 0 aromatic carbocycles. The van der Waals surface area contributed by atoms with Gasteiger partial charge in [0.25, 0.3) is 5.91 Å². The molecule has 1 aliphatic carbocycles. The molecule has 1 aliphatic rings. The monoisotopic (exact) mass is 325 g/mol. The molecule has 0 saturated heterocycles. The fourth-order valence-corrected chi connectivity index (χ4v) is 2.72. The maximum Gasteiger partial charge on any atom is 0.411 e. The van der Waals surface area contributed by atoms with Crippen LogP contribution in [0.4, 0.5) is 13.2 Å². The maximum absolute atomic E-state index is 13.3. The Bertz CT molecular complexity index is 692. The lowest BCUT2D eigenvalue weighted by molar-refractivity contribution is -0.191. The Kier molecular flexibility index (Phi) is 3.78. The van der Waals surface area contributed by atoms with Gasteiger partial charge in [-0.25, -0.2) is 4.68 Å². The van der Waals surface area contributed by atoms with Crippen molar-refractivity contribution in [2.45, 2.75) is 37.4 Å². The summed E-state index contributed by atoms with van der Waals surface area (Å²) in [4.78, 5) is 16.1. The van der Waals surface area contributed by atoms with E-state index in [9.17, 15) is 18.0 Å². The number of halogens is 3. The van der Waals surface area contributed by atoms with Crippen molar-refractivity contribution in [3.8, 4) is 5.69 Å². The van der Waals surface area contributed by atoms with Crippen molar-refractivity contribution in [3.05, 3.63) is 36.4 Å². The summed E-state index contributed by atoms with van der Waals surface area (Å²) in [5.41, 5.74) is -1.77. The van der Waals surface area contributed by atoms with Crippen LogP contribution in [0.3, 0.4) is 0 Å². The Morgan fingerprint density at radius 3 is 2.65 bits per heavy atom. The van der Waals surface area contributed by atoms with Gasteiger partial charge >= 0.3 is 6.18 Å². The number of carbonyl (C=O) groups is 1. The largest absolute Gasteiger partial charge is 0.411 e. The Hall–Kier alpha value is -2.45. The topological polar surface area (TPSA) is 72.7 Å². The van der Waals surface area contributed by atoms with E-state index >= 15 is 0 Å². The van der Waals surface area contributed by atoms with Gasteiger partial charge in [-0.3, -0.25) is 9.78 Å². The summed E-state index contributed by atoms with van der Waals surface area (Å²) < 4.78 is 41.2. The molecule has 0 radical (unpaired) electrons. The van der Waals surface area contributed by atoms with Gasteiger partial charge in [-0.15, -0.1) is 5.10 Å². The highest BCUT2D eigenvalue weighted by molar-refractivity contribution is 5.92. The first-order valence-electron chi connectivity index (χ1n) is 7.13. The van der Waals surface area contributed by atoms with Gasteiger partial charge in [-0.2, -0.15) is 13.2 Å². The molecular weight excluding hydrogens is 311 g/mol. The lowest BCUT2D eigenvalue weighted by Gasteiger charge is -2.32. The lowest BCUT2D eigenvalue weighted by Crippen LogP contribution is -2.57. The Morgan fingerprint density at radius 1 is 1.30 bits per heavy atom. The molecule has 122 valence electrons. The number of carbonyl (C=O) groups excluding carboxylic acids is 1. The number of hydrogen-bond donors (Lipinski definition) is 1. The van der Waals surface area contributed by atoms with E-state index in [1.165, 1.54) is 17.1 Å². The fraction of sp³-hybridized carbons (Fsp3) is 0.429. The highest BCUT2D eigenvalue weighted by atomic mass is 19.4. The summed E-state index contributed by atoms with van der Waals surface area (Å²) >= 11 is 0. The third kappa shape index (κ3) is 2.90. The van der Waals surface area contributed by atoms with E-state index in [-0.39, 0.29) is 18.5 Å². The van der Waals surface area contributed by atoms with Crippen molar-refractivity contribution in [1.29, 1.82) is 0 Å². The van der Waals surface area contributed by atoms with E-state index in [4.69, 9.17) is 0 Å². The Labute approximate surface area is 129 Å². The first kappa shape index (κ1) is 15.4. The molecule has 1 N–H and O–H groups in total. The average molecular weight is 325 g/mol. The van der Waals surface area contributed by atoms with Gasteiger partial charge in [0.05, 0.1) is 18.1 Å². The second-order valence-electron chi connectivity index (χ2n) is 5.50. The smallest absolute Gasteiger partial charge is 0.336 e. The molecule has 1 fully saturated rings. The molecule has 0 aliphatic heterocycles. The zero-order valence-corrected chi connectivity index (χ0v) is 12.0. The van der Waals surface area contributed by atoms with E-state index in [2.05, 4.69) is 20.6 Å². The molecule has 1 amide bonds. The summed E-state index contributed by atoms with van der Waals surface area (Å²) in [6.07, 6.45) is 0.512. The summed E-state index contributed by atoms with van der Waals surface area (Å²) in [6.45, 7) is 0. The number of alkyl halides is 3. The highest BCUT2D eigenvalue weighted by Gasteiger charge is 2.57. The standard InChI is InChI=1S/C14H14F3N5O/c15-14(16,17)13(5-1-2-6-13)19-12(23)11-9-22(21-20-11)10-4-3-7-18-8-10/h3-4,7-9H,1-2,5-6H2,(H,19,23). The molecule has 0 spiro atoms. The minimum absolute atomic E-state index is 0.112. The van der Waals surface area contributed by atoms with Gasteiger partial charge in [0, 0.05) is 6.20 Å². The van der Waals surface area contributed by atoms with Crippen LogP contribution < -0.4 is 5.32 Å². The molecular formula is C14H14F3N5O. The average Bonchev–Trinajstić information content (AvgIpc) is 3.17. The molecule has 2 aromatic rings. The van der Waals surface area contributed by atoms with E-state index in [1.54, 1.807) is 18.3 Å². The summed E-state index contributed by atoms with van der Waals surface area (Å²) in [5, 5.41) is 9.52. The molecule has 2 aromatic heterocycles. The van der Waals surface area contributed by atoms with E-state index in [0.29, 0.717) is 18.5 Å². The number of pyridine rings is 1. The summed E-state index contributed by atoms with van der Waals surface area (Å²) in [5.74, 6) is -0.876. The van der Waals surface area contributed by atoms with Crippen molar-refractivity contribution in [2.75, 3.05) is 0 Å². The van der Waals surface area contributed by atoms with Crippen molar-refractivity contribution in [3.63, 3.8) is 0 Å². The number of hydrogen-bond acceptors (Lipinski definition) is 4. The van der Waals surface area contributed by atoms with Gasteiger partial charge in [0.2, 0.25) is 0 Å². The van der Waals surface area contributed by atoms with Crippen LogP contribution in [0, 0.1) is 0 Å². The molecule has 23 heavy (non-hydrogen) atoms. The van der Waals surface area contributed by atoms with Gasteiger partial charge in [-0.1, -0.05) is 18.1 Å². The van der Waals surface area contributed by atoms with Crippen molar-refractivity contribution in [2.24, 2.45) is 0 Å². The minimum atomic E-state index is -4.49. The zero-order valence-electron chi connectivity index (χ0n) is 12.0. The highest BCUT2D eigenvalue weighted by Crippen LogP contribution is 2.43. The lowest BCUT2D eigenvalue weighted by atomic mass is 9.96. The molecule has 9 heteroatoms. The van der Waals surface area contributed by atoms with Crippen LogP contribution >= 0.6 is 0 Å². The Balaban J connectivity index is 1.80. The van der Waals surface area contributed by atoms with Crippen molar-refractivity contribution >= 4 is 5.91 Å². The van der Waals surface area contributed by atoms with Crippen molar-refractivity contribution < 1.29 is 18.0 Å². The fourth-order valence-electron chi connectivity index (χ4n) is 2.72. The predicted octanol–water partition coefficient (Wildman–Crippen LogP) is 2.27. The normalized spacial score (nSPS) is 17.2. The SMILES string of the molecule is O=C(NC1(C(F)(F)F)CCCC1)c1cn(-c2cccnc2)nn1. The summed E-state index contributed by atoms with van der Waals surface area (Å²) in [7, 11) is 0. The molecule has 1 saturated carbocycles. The molecule has 6 nitrogen and oxygen atoms in total. The molecule has 0 unspecified atom stereocenters. The van der Waals surface area contributed by atoms with Crippen LogP contribution in [0.5, 0.6) is 0 Å². The maximum atomic E-state index is 13.3. The summed E-state index contributed by atoms with van der Waals surface area (Å²) in [6, 6.07) is 3.37. The third-order valence-electron chi connectivity index (χ3n) is 3.99. The van der Waals surface area contributed by atoms with Crippen LogP contribution in [-0.4, -0.2) is 37.6 Å². The zero-order chi connectivity index (χ0) is 16.5. The number of amides is 1. The third-order valence-corrected chi connectivity index (χ3v) is 3.99. The molecule has 0 atom stereocenters. The van der Waals surface area contributed by atoms with Crippen molar-refractivity contribution in [1.82, 2.24) is 25.3 Å². The van der Waals surface area contributed by atoms with E-state index in [1.807, 2.05) is 0 Å². The quantitative estimate of drug-likeness (QED) is 0.939. The van der Waals surface area contributed by atoms with Crippen LogP contribution in [0.2, 0.25) is 0 Å². The van der Waals surface area contributed by atoms with Crippen LogP contribution in [-0.2, 0) is 0 Å². The number of nitrogens with zero attached hydrogens (tertiary/aromatic N) is 4. The predicted molar refractivity (Wildman–Crippen MR) is 73.9 cm³/mol. The number of aromatic nitrogens is 4. The van der Waals surface area contributed by atoms with Crippen LogP contribution in [0.1, 0.15) is 36.2 Å². The molecule has 2 heterocycles. The second-order valence-corrected chi connectivity index (χ2v) is 5.50. The van der Waals surface area contributed by atoms with E-state index < -0.39 is 17.6 Å². The first-order chi connectivity index (χ1) is 10.9. The molecule has 0 bridgehead atoms. The van der Waals surface area contributed by atoms with Gasteiger partial charge in [-0.05, 0) is 25.0 Å². The Morgan fingerprint density at radius 2 is 2.04 bits per heavy atom. The molecule has 3 rings (SSSR count).